The van der Waals surface area contributed by atoms with Crippen molar-refractivity contribution in [3.05, 3.63) is 29.8 Å². The number of benzene rings is 1. The van der Waals surface area contributed by atoms with Crippen molar-refractivity contribution in [2.24, 2.45) is 0 Å². The number of halogens is 3. The molecule has 1 rings (SSSR count). The standard InChI is InChI=1S/C15H18F3NO4/c1-14(2,3)23-13(21)19-8-4-5-10-9-11(20)6-7-12(10)22-15(16,17)18/h4-7,9,20H,8H2,1-3H3,(H,19,21). The maximum atomic E-state index is 12.3. The normalized spacial score (nSPS) is 12.3. The van der Waals surface area contributed by atoms with Crippen LogP contribution < -0.4 is 10.1 Å². The summed E-state index contributed by atoms with van der Waals surface area (Å²) in [5.74, 6) is -0.664. The van der Waals surface area contributed by atoms with Gasteiger partial charge in [0.05, 0.1) is 0 Å². The highest BCUT2D eigenvalue weighted by molar-refractivity contribution is 5.68. The lowest BCUT2D eigenvalue weighted by molar-refractivity contribution is -0.274. The van der Waals surface area contributed by atoms with Gasteiger partial charge in [-0.3, -0.25) is 0 Å². The van der Waals surface area contributed by atoms with Gasteiger partial charge in [-0.2, -0.15) is 0 Å². The van der Waals surface area contributed by atoms with E-state index in [-0.39, 0.29) is 17.9 Å². The molecular formula is C15H18F3NO4. The highest BCUT2D eigenvalue weighted by atomic mass is 19.4. The molecule has 0 saturated carbocycles. The van der Waals surface area contributed by atoms with Crippen molar-refractivity contribution < 1.29 is 32.5 Å². The second kappa shape index (κ2) is 7.26. The van der Waals surface area contributed by atoms with Crippen molar-refractivity contribution in [1.82, 2.24) is 5.32 Å². The van der Waals surface area contributed by atoms with E-state index < -0.39 is 23.8 Å². The van der Waals surface area contributed by atoms with Crippen molar-refractivity contribution in [2.45, 2.75) is 32.7 Å². The number of phenolic OH excluding ortho intramolecular Hbond substituents is 1. The number of aromatic hydroxyl groups is 1. The number of rotatable bonds is 4. The number of alkyl carbamates (subject to hydrolysis) is 1. The summed E-state index contributed by atoms with van der Waals surface area (Å²) in [4.78, 5) is 11.4. The third-order valence-electron chi connectivity index (χ3n) is 2.28. The van der Waals surface area contributed by atoms with Crippen LogP contribution >= 0.6 is 0 Å². The minimum atomic E-state index is -4.84. The average molecular weight is 333 g/mol. The molecule has 1 aromatic carbocycles. The fraction of sp³-hybridized carbons (Fsp3) is 0.400. The maximum Gasteiger partial charge on any atom is 0.573 e. The van der Waals surface area contributed by atoms with Gasteiger partial charge in [-0.15, -0.1) is 13.2 Å². The molecule has 23 heavy (non-hydrogen) atoms. The Balaban J connectivity index is 2.69. The molecule has 1 amide bonds. The Kier molecular flexibility index (Phi) is 5.89. The van der Waals surface area contributed by atoms with Crippen molar-refractivity contribution in [3.8, 4) is 11.5 Å². The van der Waals surface area contributed by atoms with Crippen LogP contribution in [0.5, 0.6) is 11.5 Å². The summed E-state index contributed by atoms with van der Waals surface area (Å²) in [6.45, 7) is 5.15. The highest BCUT2D eigenvalue weighted by Gasteiger charge is 2.31. The number of nitrogens with one attached hydrogen (secondary N) is 1. The molecule has 0 fully saturated rings. The monoisotopic (exact) mass is 333 g/mol. The third kappa shape index (κ3) is 7.98. The van der Waals surface area contributed by atoms with Crippen LogP contribution in [0.2, 0.25) is 0 Å². The van der Waals surface area contributed by atoms with Gasteiger partial charge in [-0.05, 0) is 39.0 Å². The fourth-order valence-corrected chi connectivity index (χ4v) is 1.53. The van der Waals surface area contributed by atoms with Gasteiger partial charge in [0.2, 0.25) is 0 Å². The summed E-state index contributed by atoms with van der Waals surface area (Å²) in [6.07, 6.45) is -2.79. The number of hydrogen-bond donors (Lipinski definition) is 2. The van der Waals surface area contributed by atoms with Crippen LogP contribution in [-0.4, -0.2) is 29.7 Å². The molecule has 2 N–H and O–H groups in total. The molecule has 0 aliphatic carbocycles. The predicted molar refractivity (Wildman–Crippen MR) is 78.1 cm³/mol. The molecule has 128 valence electrons. The molecule has 0 aliphatic heterocycles. The van der Waals surface area contributed by atoms with Gasteiger partial charge in [0.25, 0.3) is 0 Å². The van der Waals surface area contributed by atoms with Crippen LogP contribution in [0.4, 0.5) is 18.0 Å². The van der Waals surface area contributed by atoms with Crippen molar-refractivity contribution >= 4 is 12.2 Å². The largest absolute Gasteiger partial charge is 0.573 e. The summed E-state index contributed by atoms with van der Waals surface area (Å²) >= 11 is 0. The summed E-state index contributed by atoms with van der Waals surface area (Å²) in [7, 11) is 0. The topological polar surface area (TPSA) is 67.8 Å². The molecule has 0 aliphatic rings. The minimum absolute atomic E-state index is 0.0216. The van der Waals surface area contributed by atoms with Crippen LogP contribution in [-0.2, 0) is 4.74 Å². The first-order valence-corrected chi connectivity index (χ1v) is 6.68. The molecular weight excluding hydrogens is 315 g/mol. The van der Waals surface area contributed by atoms with Crippen LogP contribution in [0.1, 0.15) is 26.3 Å². The van der Waals surface area contributed by atoms with Gasteiger partial charge in [-0.1, -0.05) is 12.2 Å². The minimum Gasteiger partial charge on any atom is -0.508 e. The van der Waals surface area contributed by atoms with Gasteiger partial charge in [0, 0.05) is 12.1 Å². The van der Waals surface area contributed by atoms with Crippen LogP contribution in [0.25, 0.3) is 6.08 Å². The van der Waals surface area contributed by atoms with Crippen molar-refractivity contribution in [3.63, 3.8) is 0 Å². The molecule has 0 spiro atoms. The van der Waals surface area contributed by atoms with Gasteiger partial charge < -0.3 is 19.9 Å². The second-order valence-corrected chi connectivity index (χ2v) is 5.56. The number of phenols is 1. The molecule has 8 heteroatoms. The molecule has 0 saturated heterocycles. The first kappa shape index (κ1) is 18.7. The van der Waals surface area contributed by atoms with Gasteiger partial charge in [-0.25, -0.2) is 4.79 Å². The van der Waals surface area contributed by atoms with E-state index in [0.29, 0.717) is 0 Å². The first-order chi connectivity index (χ1) is 10.5. The highest BCUT2D eigenvalue weighted by Crippen LogP contribution is 2.29. The lowest BCUT2D eigenvalue weighted by atomic mass is 10.1. The van der Waals surface area contributed by atoms with Crippen LogP contribution in [0.15, 0.2) is 24.3 Å². The van der Waals surface area contributed by atoms with Crippen molar-refractivity contribution in [2.75, 3.05) is 6.54 Å². The molecule has 1 aromatic rings. The molecule has 0 atom stereocenters. The van der Waals surface area contributed by atoms with E-state index >= 15 is 0 Å². The van der Waals surface area contributed by atoms with Gasteiger partial charge in [0.1, 0.15) is 17.1 Å². The van der Waals surface area contributed by atoms with E-state index in [4.69, 9.17) is 4.74 Å². The molecule has 0 heterocycles. The van der Waals surface area contributed by atoms with E-state index in [9.17, 15) is 23.1 Å². The first-order valence-electron chi connectivity index (χ1n) is 6.68. The Morgan fingerprint density at radius 1 is 1.30 bits per heavy atom. The second-order valence-electron chi connectivity index (χ2n) is 5.56. The summed E-state index contributed by atoms with van der Waals surface area (Å²) < 4.78 is 45.7. The maximum absolute atomic E-state index is 12.3. The Morgan fingerprint density at radius 2 is 1.96 bits per heavy atom. The summed E-state index contributed by atoms with van der Waals surface area (Å²) in [5.41, 5.74) is -0.625. The smallest absolute Gasteiger partial charge is 0.508 e. The molecule has 0 radical (unpaired) electrons. The van der Waals surface area contributed by atoms with E-state index in [1.54, 1.807) is 20.8 Å². The van der Waals surface area contributed by atoms with E-state index in [2.05, 4.69) is 10.1 Å². The Bertz CT molecular complexity index is 577. The number of carbonyl (C=O) groups excluding carboxylic acids is 1. The molecule has 0 bridgehead atoms. The number of ether oxygens (including phenoxy) is 2. The number of carbonyl (C=O) groups is 1. The summed E-state index contributed by atoms with van der Waals surface area (Å²) in [6, 6.07) is 3.20. The van der Waals surface area contributed by atoms with E-state index in [0.717, 1.165) is 18.2 Å². The SMILES string of the molecule is CC(C)(C)OC(=O)NCC=Cc1cc(O)ccc1OC(F)(F)F. The Hall–Kier alpha value is -2.38. The quantitative estimate of drug-likeness (QED) is 0.879. The molecule has 0 aromatic heterocycles. The lowest BCUT2D eigenvalue weighted by Crippen LogP contribution is -2.32. The molecule has 0 unspecified atom stereocenters. The lowest BCUT2D eigenvalue weighted by Gasteiger charge is -2.19. The van der Waals surface area contributed by atoms with Gasteiger partial charge in [0.15, 0.2) is 0 Å². The van der Waals surface area contributed by atoms with E-state index in [1.807, 2.05) is 0 Å². The van der Waals surface area contributed by atoms with Crippen LogP contribution in [0.3, 0.4) is 0 Å². The zero-order valence-corrected chi connectivity index (χ0v) is 12.9. The fourth-order valence-electron chi connectivity index (χ4n) is 1.53. The van der Waals surface area contributed by atoms with Crippen molar-refractivity contribution in [1.29, 1.82) is 0 Å². The van der Waals surface area contributed by atoms with E-state index in [1.165, 1.54) is 12.2 Å². The number of amides is 1. The zero-order chi connectivity index (χ0) is 17.7. The number of hydrogen-bond acceptors (Lipinski definition) is 4. The van der Waals surface area contributed by atoms with Gasteiger partial charge >= 0.3 is 12.5 Å². The number of alkyl halides is 3. The molecule has 5 nitrogen and oxygen atoms in total. The third-order valence-corrected chi connectivity index (χ3v) is 2.28. The Morgan fingerprint density at radius 3 is 2.52 bits per heavy atom. The van der Waals surface area contributed by atoms with Crippen LogP contribution in [0, 0.1) is 0 Å². The summed E-state index contributed by atoms with van der Waals surface area (Å²) in [5, 5.41) is 11.8. The predicted octanol–water partition coefficient (Wildman–Crippen LogP) is 3.83. The Labute approximate surface area is 131 Å². The zero-order valence-electron chi connectivity index (χ0n) is 12.9. The average Bonchev–Trinajstić information content (AvgIpc) is 2.34.